The highest BCUT2D eigenvalue weighted by molar-refractivity contribution is 7.98. The monoisotopic (exact) mass is 442 g/mol. The first-order chi connectivity index (χ1) is 15.0. The lowest BCUT2D eigenvalue weighted by molar-refractivity contribution is -0.121. The molecule has 2 aromatic carbocycles. The normalized spacial score (nSPS) is 11.0. The summed E-state index contributed by atoms with van der Waals surface area (Å²) in [5.41, 5.74) is 1.85. The van der Waals surface area contributed by atoms with E-state index < -0.39 is 0 Å². The largest absolute Gasteiger partial charge is 0.497 e. The fourth-order valence-electron chi connectivity index (χ4n) is 2.92. The van der Waals surface area contributed by atoms with E-state index in [-0.39, 0.29) is 11.7 Å². The van der Waals surface area contributed by atoms with Crippen LogP contribution in [0.5, 0.6) is 5.75 Å². The van der Waals surface area contributed by atoms with Gasteiger partial charge in [-0.25, -0.2) is 4.39 Å². The summed E-state index contributed by atoms with van der Waals surface area (Å²) >= 11 is 1.51. The molecule has 0 spiro atoms. The summed E-state index contributed by atoms with van der Waals surface area (Å²) in [7, 11) is 1.62. The minimum absolute atomic E-state index is 0.00518. The van der Waals surface area contributed by atoms with Crippen molar-refractivity contribution in [2.75, 3.05) is 13.7 Å². The Morgan fingerprint density at radius 2 is 1.97 bits per heavy atom. The van der Waals surface area contributed by atoms with Gasteiger partial charge in [-0.05, 0) is 35.7 Å². The Bertz CT molecular complexity index is 1010. The Balaban J connectivity index is 1.81. The number of nitrogens with one attached hydrogen (secondary N) is 1. The SMILES string of the molecule is COc1cccc(-n2c(CCC(=O)NCC(C)C)nnc2SCc2ccc(F)cc2)c1. The molecule has 0 aliphatic carbocycles. The van der Waals surface area contributed by atoms with Gasteiger partial charge in [0.15, 0.2) is 5.16 Å². The molecular formula is C23H27FN4O2S. The van der Waals surface area contributed by atoms with Gasteiger partial charge < -0.3 is 10.1 Å². The molecule has 0 unspecified atom stereocenters. The molecule has 164 valence electrons. The predicted molar refractivity (Wildman–Crippen MR) is 120 cm³/mol. The van der Waals surface area contributed by atoms with Gasteiger partial charge in [0, 0.05) is 31.2 Å². The van der Waals surface area contributed by atoms with Crippen LogP contribution >= 0.6 is 11.8 Å². The molecule has 0 saturated heterocycles. The number of ether oxygens (including phenoxy) is 1. The van der Waals surface area contributed by atoms with Crippen molar-refractivity contribution in [3.8, 4) is 11.4 Å². The Hall–Kier alpha value is -2.87. The number of nitrogens with zero attached hydrogens (tertiary/aromatic N) is 3. The van der Waals surface area contributed by atoms with Crippen LogP contribution in [0.2, 0.25) is 0 Å². The van der Waals surface area contributed by atoms with Gasteiger partial charge in [0.1, 0.15) is 17.4 Å². The number of amides is 1. The maximum atomic E-state index is 13.2. The quantitative estimate of drug-likeness (QED) is 0.471. The second-order valence-electron chi connectivity index (χ2n) is 7.55. The second kappa shape index (κ2) is 10.9. The lowest BCUT2D eigenvalue weighted by Gasteiger charge is -2.12. The molecule has 0 aliphatic rings. The van der Waals surface area contributed by atoms with E-state index in [0.717, 1.165) is 17.0 Å². The number of rotatable bonds is 10. The smallest absolute Gasteiger partial charge is 0.220 e. The second-order valence-corrected chi connectivity index (χ2v) is 8.49. The molecule has 3 aromatic rings. The lowest BCUT2D eigenvalue weighted by atomic mass is 10.2. The molecule has 3 rings (SSSR count). The van der Waals surface area contributed by atoms with Crippen molar-refractivity contribution in [2.45, 2.75) is 37.6 Å². The standard InChI is InChI=1S/C23H27FN4O2S/c1-16(2)14-25-22(29)12-11-21-26-27-23(31-15-17-7-9-18(24)10-8-17)28(21)19-5-4-6-20(13-19)30-3/h4-10,13,16H,11-12,14-15H2,1-3H3,(H,25,29). The molecule has 6 nitrogen and oxygen atoms in total. The first-order valence-corrected chi connectivity index (χ1v) is 11.2. The number of thioether (sulfide) groups is 1. The first-order valence-electron chi connectivity index (χ1n) is 10.2. The molecule has 1 aromatic heterocycles. The molecule has 31 heavy (non-hydrogen) atoms. The van der Waals surface area contributed by atoms with E-state index in [0.29, 0.717) is 42.0 Å². The molecule has 1 heterocycles. The lowest BCUT2D eigenvalue weighted by Crippen LogP contribution is -2.27. The van der Waals surface area contributed by atoms with Crippen LogP contribution in [0.4, 0.5) is 4.39 Å². The van der Waals surface area contributed by atoms with E-state index in [1.807, 2.05) is 28.8 Å². The molecule has 0 bridgehead atoms. The molecular weight excluding hydrogens is 415 g/mol. The van der Waals surface area contributed by atoms with Crippen molar-refractivity contribution in [1.29, 1.82) is 0 Å². The Morgan fingerprint density at radius 1 is 1.19 bits per heavy atom. The van der Waals surface area contributed by atoms with Crippen molar-refractivity contribution < 1.29 is 13.9 Å². The summed E-state index contributed by atoms with van der Waals surface area (Å²) < 4.78 is 20.5. The van der Waals surface area contributed by atoms with Gasteiger partial charge in [0.2, 0.25) is 5.91 Å². The topological polar surface area (TPSA) is 69.0 Å². The highest BCUT2D eigenvalue weighted by Crippen LogP contribution is 2.27. The number of aromatic nitrogens is 3. The van der Waals surface area contributed by atoms with Gasteiger partial charge in [0.25, 0.3) is 0 Å². The Kier molecular flexibility index (Phi) is 8.06. The van der Waals surface area contributed by atoms with E-state index in [1.165, 1.54) is 23.9 Å². The highest BCUT2D eigenvalue weighted by atomic mass is 32.2. The van der Waals surface area contributed by atoms with Crippen LogP contribution in [0, 0.1) is 11.7 Å². The fraction of sp³-hybridized carbons (Fsp3) is 0.348. The molecule has 0 saturated carbocycles. The maximum Gasteiger partial charge on any atom is 0.220 e. The van der Waals surface area contributed by atoms with E-state index in [1.54, 1.807) is 19.2 Å². The molecule has 0 fully saturated rings. The molecule has 0 aliphatic heterocycles. The van der Waals surface area contributed by atoms with Crippen LogP contribution in [0.1, 0.15) is 31.7 Å². The van der Waals surface area contributed by atoms with Crippen molar-refractivity contribution in [1.82, 2.24) is 20.1 Å². The third-order valence-corrected chi connectivity index (χ3v) is 5.58. The maximum absolute atomic E-state index is 13.2. The Labute approximate surface area is 186 Å². The number of methoxy groups -OCH3 is 1. The number of carbonyl (C=O) groups excluding carboxylic acids is 1. The first kappa shape index (κ1) is 22.8. The van der Waals surface area contributed by atoms with E-state index in [9.17, 15) is 9.18 Å². The number of aryl methyl sites for hydroxylation is 1. The molecule has 8 heteroatoms. The van der Waals surface area contributed by atoms with Crippen LogP contribution < -0.4 is 10.1 Å². The number of hydrogen-bond acceptors (Lipinski definition) is 5. The summed E-state index contributed by atoms with van der Waals surface area (Å²) in [4.78, 5) is 12.2. The number of hydrogen-bond donors (Lipinski definition) is 1. The molecule has 1 N–H and O–H groups in total. The predicted octanol–water partition coefficient (Wildman–Crippen LogP) is 4.41. The van der Waals surface area contributed by atoms with Gasteiger partial charge in [-0.1, -0.05) is 43.8 Å². The average Bonchev–Trinajstić information content (AvgIpc) is 3.18. The number of carbonyl (C=O) groups is 1. The van der Waals surface area contributed by atoms with Gasteiger partial charge in [-0.2, -0.15) is 0 Å². The highest BCUT2D eigenvalue weighted by Gasteiger charge is 2.16. The van der Waals surface area contributed by atoms with E-state index in [2.05, 4.69) is 29.4 Å². The summed E-state index contributed by atoms with van der Waals surface area (Å²) in [6, 6.07) is 14.1. The summed E-state index contributed by atoms with van der Waals surface area (Å²) in [6.07, 6.45) is 0.794. The van der Waals surface area contributed by atoms with Crippen molar-refractivity contribution in [3.63, 3.8) is 0 Å². The summed E-state index contributed by atoms with van der Waals surface area (Å²) in [6.45, 7) is 4.77. The zero-order valence-electron chi connectivity index (χ0n) is 18.0. The van der Waals surface area contributed by atoms with E-state index >= 15 is 0 Å². The minimum atomic E-state index is -0.258. The van der Waals surface area contributed by atoms with Crippen LogP contribution in [-0.4, -0.2) is 34.3 Å². The fourth-order valence-corrected chi connectivity index (χ4v) is 3.85. The summed E-state index contributed by atoms with van der Waals surface area (Å²) in [5.74, 6) is 2.19. The third-order valence-electron chi connectivity index (χ3n) is 4.58. The van der Waals surface area contributed by atoms with E-state index in [4.69, 9.17) is 4.74 Å². The van der Waals surface area contributed by atoms with Crippen molar-refractivity contribution >= 4 is 17.7 Å². The molecule has 0 atom stereocenters. The zero-order chi connectivity index (χ0) is 22.2. The zero-order valence-corrected chi connectivity index (χ0v) is 18.8. The minimum Gasteiger partial charge on any atom is -0.497 e. The number of halogens is 1. The van der Waals surface area contributed by atoms with Crippen LogP contribution in [-0.2, 0) is 17.0 Å². The number of benzene rings is 2. The van der Waals surface area contributed by atoms with Gasteiger partial charge in [0.05, 0.1) is 12.8 Å². The molecule has 1 amide bonds. The van der Waals surface area contributed by atoms with Crippen LogP contribution in [0.25, 0.3) is 5.69 Å². The average molecular weight is 443 g/mol. The van der Waals surface area contributed by atoms with Gasteiger partial charge in [-0.3, -0.25) is 9.36 Å². The van der Waals surface area contributed by atoms with Crippen LogP contribution in [0.15, 0.2) is 53.7 Å². The van der Waals surface area contributed by atoms with Gasteiger partial charge >= 0.3 is 0 Å². The van der Waals surface area contributed by atoms with Gasteiger partial charge in [-0.15, -0.1) is 10.2 Å². The Morgan fingerprint density at radius 3 is 2.68 bits per heavy atom. The summed E-state index contributed by atoms with van der Waals surface area (Å²) in [5, 5.41) is 12.4. The van der Waals surface area contributed by atoms with Crippen molar-refractivity contribution in [3.05, 3.63) is 65.7 Å². The van der Waals surface area contributed by atoms with Crippen molar-refractivity contribution in [2.24, 2.45) is 5.92 Å². The van der Waals surface area contributed by atoms with Crippen LogP contribution in [0.3, 0.4) is 0 Å². The molecule has 0 radical (unpaired) electrons. The third kappa shape index (κ3) is 6.55.